The highest BCUT2D eigenvalue weighted by atomic mass is 16.5. The summed E-state index contributed by atoms with van der Waals surface area (Å²) in [6.45, 7) is 4.26. The Bertz CT molecular complexity index is 949. The highest BCUT2D eigenvalue weighted by Gasteiger charge is 2.15. The Labute approximate surface area is 156 Å². The van der Waals surface area contributed by atoms with Crippen LogP contribution in [0, 0.1) is 12.8 Å². The van der Waals surface area contributed by atoms with Crippen molar-refractivity contribution in [2.24, 2.45) is 5.92 Å². The summed E-state index contributed by atoms with van der Waals surface area (Å²) in [7, 11) is 0. The third-order valence-electron chi connectivity index (χ3n) is 4.72. The summed E-state index contributed by atoms with van der Waals surface area (Å²) in [6, 6.07) is 9.07. The second-order valence-electron chi connectivity index (χ2n) is 6.70. The summed E-state index contributed by atoms with van der Waals surface area (Å²) in [5, 5.41) is 14.1. The number of carbonyl (C=O) groups is 1. The number of fused-ring (bicyclic) bond motifs is 1. The van der Waals surface area contributed by atoms with Crippen LogP contribution < -0.4 is 10.1 Å². The van der Waals surface area contributed by atoms with Gasteiger partial charge >= 0.3 is 0 Å². The molecule has 0 atom stereocenters. The molecule has 0 aliphatic carbocycles. The lowest BCUT2D eigenvalue weighted by Crippen LogP contribution is -2.21. The number of tetrazole rings is 1. The van der Waals surface area contributed by atoms with Gasteiger partial charge in [0.05, 0.1) is 12.2 Å². The van der Waals surface area contributed by atoms with Gasteiger partial charge in [-0.2, -0.15) is 4.52 Å². The maximum atomic E-state index is 12.5. The Kier molecular flexibility index (Phi) is 4.97. The molecule has 1 N–H and O–H groups in total. The van der Waals surface area contributed by atoms with Crippen LogP contribution in [-0.2, 0) is 4.74 Å². The number of rotatable bonds is 5. The van der Waals surface area contributed by atoms with Gasteiger partial charge in [0, 0.05) is 31.2 Å². The molecule has 0 saturated carbocycles. The van der Waals surface area contributed by atoms with Gasteiger partial charge in [0.2, 0.25) is 0 Å². The predicted molar refractivity (Wildman–Crippen MR) is 99.0 cm³/mol. The molecule has 2 aromatic heterocycles. The van der Waals surface area contributed by atoms with Crippen LogP contribution in [0.15, 0.2) is 36.5 Å². The zero-order valence-corrected chi connectivity index (χ0v) is 15.1. The number of carbonyl (C=O) groups excluding carboxylic acids is 1. The van der Waals surface area contributed by atoms with Gasteiger partial charge in [-0.3, -0.25) is 4.79 Å². The Morgan fingerprint density at radius 2 is 2.15 bits per heavy atom. The zero-order valence-electron chi connectivity index (χ0n) is 15.1. The van der Waals surface area contributed by atoms with E-state index in [9.17, 15) is 4.79 Å². The fourth-order valence-corrected chi connectivity index (χ4v) is 3.03. The quantitative estimate of drug-likeness (QED) is 0.745. The first-order chi connectivity index (χ1) is 13.2. The van der Waals surface area contributed by atoms with E-state index >= 15 is 0 Å². The summed E-state index contributed by atoms with van der Waals surface area (Å²) < 4.78 is 12.9. The van der Waals surface area contributed by atoms with Gasteiger partial charge in [-0.25, -0.2) is 0 Å². The smallest absolute Gasteiger partial charge is 0.257 e. The van der Waals surface area contributed by atoms with Crippen molar-refractivity contribution in [2.75, 3.05) is 25.1 Å². The van der Waals surface area contributed by atoms with E-state index in [1.54, 1.807) is 18.3 Å². The third-order valence-corrected chi connectivity index (χ3v) is 4.72. The van der Waals surface area contributed by atoms with Crippen LogP contribution in [-0.4, -0.2) is 45.8 Å². The van der Waals surface area contributed by atoms with Crippen LogP contribution in [0.4, 0.5) is 5.69 Å². The first-order valence-corrected chi connectivity index (χ1v) is 8.99. The number of hydrogen-bond donors (Lipinski definition) is 1. The molecule has 1 fully saturated rings. The molecular formula is C19H21N5O3. The molecule has 3 aromatic rings. The Balaban J connectivity index is 1.44. The van der Waals surface area contributed by atoms with Gasteiger partial charge in [0.15, 0.2) is 5.65 Å². The molecular weight excluding hydrogens is 346 g/mol. The van der Waals surface area contributed by atoms with Crippen LogP contribution in [0.1, 0.15) is 28.8 Å². The largest absolute Gasteiger partial charge is 0.493 e. The second-order valence-corrected chi connectivity index (χ2v) is 6.70. The van der Waals surface area contributed by atoms with E-state index in [-0.39, 0.29) is 5.91 Å². The molecule has 1 aliphatic rings. The number of anilines is 1. The number of benzene rings is 1. The fraction of sp³-hybridized carbons (Fsp3) is 0.368. The van der Waals surface area contributed by atoms with Crippen molar-refractivity contribution < 1.29 is 14.3 Å². The minimum atomic E-state index is -0.230. The topological polar surface area (TPSA) is 90.6 Å². The number of aromatic nitrogens is 4. The van der Waals surface area contributed by atoms with Crippen molar-refractivity contribution in [1.82, 2.24) is 20.0 Å². The number of nitrogens with one attached hydrogen (secondary N) is 1. The van der Waals surface area contributed by atoms with E-state index in [4.69, 9.17) is 9.47 Å². The van der Waals surface area contributed by atoms with Crippen LogP contribution in [0.2, 0.25) is 0 Å². The van der Waals surface area contributed by atoms with Crippen LogP contribution in [0.25, 0.3) is 5.65 Å². The average molecular weight is 367 g/mol. The Morgan fingerprint density at radius 3 is 3.00 bits per heavy atom. The predicted octanol–water partition coefficient (Wildman–Crippen LogP) is 2.49. The highest BCUT2D eigenvalue weighted by Crippen LogP contribution is 2.25. The van der Waals surface area contributed by atoms with E-state index in [0.29, 0.717) is 29.4 Å². The SMILES string of the molecule is Cc1ccc(NC(=O)c2ccc3nnnn3c2)cc1OCC1CCOCC1. The summed E-state index contributed by atoms with van der Waals surface area (Å²) in [5.41, 5.74) is 2.78. The van der Waals surface area contributed by atoms with E-state index < -0.39 is 0 Å². The molecule has 1 amide bonds. The lowest BCUT2D eigenvalue weighted by Gasteiger charge is -2.22. The molecule has 3 heterocycles. The van der Waals surface area contributed by atoms with E-state index in [1.165, 1.54) is 4.52 Å². The number of ether oxygens (including phenoxy) is 2. The van der Waals surface area contributed by atoms with Crippen molar-refractivity contribution in [2.45, 2.75) is 19.8 Å². The molecule has 8 heteroatoms. The van der Waals surface area contributed by atoms with Gasteiger partial charge < -0.3 is 14.8 Å². The molecule has 0 radical (unpaired) electrons. The minimum absolute atomic E-state index is 0.230. The highest BCUT2D eigenvalue weighted by molar-refractivity contribution is 6.04. The summed E-state index contributed by atoms with van der Waals surface area (Å²) in [5.74, 6) is 1.07. The molecule has 0 unspecified atom stereocenters. The standard InChI is InChI=1S/C19H21N5O3/c1-13-2-4-16(10-17(13)27-12-14-6-8-26-9-7-14)20-19(25)15-3-5-18-21-22-23-24(18)11-15/h2-5,10-11,14H,6-9,12H2,1H3,(H,20,25). The van der Waals surface area contributed by atoms with Gasteiger partial charge in [-0.1, -0.05) is 6.07 Å². The van der Waals surface area contributed by atoms with E-state index in [0.717, 1.165) is 37.4 Å². The van der Waals surface area contributed by atoms with Crippen molar-refractivity contribution >= 4 is 17.2 Å². The first kappa shape index (κ1) is 17.4. The Morgan fingerprint density at radius 1 is 1.30 bits per heavy atom. The number of hydrogen-bond acceptors (Lipinski definition) is 6. The monoisotopic (exact) mass is 367 g/mol. The summed E-state index contributed by atoms with van der Waals surface area (Å²) in [6.07, 6.45) is 3.64. The van der Waals surface area contributed by atoms with Crippen LogP contribution >= 0.6 is 0 Å². The normalized spacial score (nSPS) is 15.0. The molecule has 140 valence electrons. The van der Waals surface area contributed by atoms with Crippen LogP contribution in [0.3, 0.4) is 0 Å². The maximum absolute atomic E-state index is 12.5. The number of nitrogens with zero attached hydrogens (tertiary/aromatic N) is 4. The van der Waals surface area contributed by atoms with Crippen molar-refractivity contribution in [3.8, 4) is 5.75 Å². The maximum Gasteiger partial charge on any atom is 0.257 e. The molecule has 0 bridgehead atoms. The minimum Gasteiger partial charge on any atom is -0.493 e. The lowest BCUT2D eigenvalue weighted by molar-refractivity contribution is 0.0496. The molecule has 8 nitrogen and oxygen atoms in total. The van der Waals surface area contributed by atoms with Gasteiger partial charge in [0.1, 0.15) is 5.75 Å². The number of amides is 1. The van der Waals surface area contributed by atoms with Gasteiger partial charge in [0.25, 0.3) is 5.91 Å². The Hall–Kier alpha value is -3.00. The second kappa shape index (κ2) is 7.71. The lowest BCUT2D eigenvalue weighted by atomic mass is 10.0. The van der Waals surface area contributed by atoms with Crippen LogP contribution in [0.5, 0.6) is 5.75 Å². The molecule has 1 aromatic carbocycles. The molecule has 27 heavy (non-hydrogen) atoms. The summed E-state index contributed by atoms with van der Waals surface area (Å²) >= 11 is 0. The van der Waals surface area contributed by atoms with Crippen molar-refractivity contribution in [1.29, 1.82) is 0 Å². The van der Waals surface area contributed by atoms with E-state index in [2.05, 4.69) is 20.8 Å². The summed E-state index contributed by atoms with van der Waals surface area (Å²) in [4.78, 5) is 12.5. The molecule has 0 spiro atoms. The number of aryl methyl sites for hydroxylation is 1. The molecule has 1 aliphatic heterocycles. The van der Waals surface area contributed by atoms with E-state index in [1.807, 2.05) is 25.1 Å². The molecule has 4 rings (SSSR count). The van der Waals surface area contributed by atoms with Gasteiger partial charge in [-0.05, 0) is 59.9 Å². The molecule has 1 saturated heterocycles. The number of pyridine rings is 1. The first-order valence-electron chi connectivity index (χ1n) is 8.99. The zero-order chi connectivity index (χ0) is 18.6. The third kappa shape index (κ3) is 4.06. The average Bonchev–Trinajstić information content (AvgIpc) is 3.17. The fourth-order valence-electron chi connectivity index (χ4n) is 3.03. The van der Waals surface area contributed by atoms with Crippen molar-refractivity contribution in [3.05, 3.63) is 47.7 Å². The van der Waals surface area contributed by atoms with Crippen molar-refractivity contribution in [3.63, 3.8) is 0 Å². The van der Waals surface area contributed by atoms with Gasteiger partial charge in [-0.15, -0.1) is 5.10 Å².